The molecular formula is C18H27ClN4O4. The lowest BCUT2D eigenvalue weighted by Crippen LogP contribution is -2.59. The Morgan fingerprint density at radius 2 is 2.07 bits per heavy atom. The van der Waals surface area contributed by atoms with Gasteiger partial charge in [-0.3, -0.25) is 4.79 Å². The minimum Gasteiger partial charge on any atom is -0.465 e. The van der Waals surface area contributed by atoms with Crippen LogP contribution < -0.4 is 10.2 Å². The first-order valence-electron chi connectivity index (χ1n) is 8.87. The second-order valence-electron chi connectivity index (χ2n) is 7.89. The number of halogens is 1. The van der Waals surface area contributed by atoms with Gasteiger partial charge in [0.05, 0.1) is 22.7 Å². The molecular weight excluding hydrogens is 372 g/mol. The van der Waals surface area contributed by atoms with E-state index in [0.29, 0.717) is 36.0 Å². The van der Waals surface area contributed by atoms with E-state index in [1.54, 1.807) is 6.92 Å². The van der Waals surface area contributed by atoms with Crippen LogP contribution in [0.15, 0.2) is 12.3 Å². The van der Waals surface area contributed by atoms with E-state index in [2.05, 4.69) is 10.3 Å². The Morgan fingerprint density at radius 1 is 1.41 bits per heavy atom. The number of aliphatic hydroxyl groups is 1. The Balaban J connectivity index is 2.18. The third-order valence-corrected chi connectivity index (χ3v) is 4.85. The summed E-state index contributed by atoms with van der Waals surface area (Å²) in [5.41, 5.74) is 0.0607. The maximum atomic E-state index is 12.1. The standard InChI is InChI=1S/C18H27ClN4O4/c1-11(24)8-21-16(25)12-7-13(19)15(20-9-12)22-5-6-23(17(26)27)14(10-22)18(2,3)4/h7,9,11,14,24H,5-6,8,10H2,1-4H3,(H,21,25)(H,26,27). The Bertz CT molecular complexity index is 705. The zero-order chi connectivity index (χ0) is 20.4. The number of carboxylic acid groups (broad SMARTS) is 1. The fourth-order valence-electron chi connectivity index (χ4n) is 3.08. The van der Waals surface area contributed by atoms with Crippen LogP contribution in [0.5, 0.6) is 0 Å². The van der Waals surface area contributed by atoms with E-state index in [1.165, 1.54) is 17.2 Å². The van der Waals surface area contributed by atoms with Crippen LogP contribution in [0.4, 0.5) is 10.6 Å². The number of anilines is 1. The summed E-state index contributed by atoms with van der Waals surface area (Å²) in [5, 5.41) is 21.7. The molecule has 0 bridgehead atoms. The minimum atomic E-state index is -0.932. The van der Waals surface area contributed by atoms with Crippen molar-refractivity contribution < 1.29 is 19.8 Å². The van der Waals surface area contributed by atoms with Crippen LogP contribution in [-0.4, -0.2) is 70.4 Å². The van der Waals surface area contributed by atoms with Crippen molar-refractivity contribution in [3.05, 3.63) is 22.8 Å². The van der Waals surface area contributed by atoms with Gasteiger partial charge in [0.2, 0.25) is 0 Å². The molecule has 8 nitrogen and oxygen atoms in total. The normalized spacial score (nSPS) is 19.0. The molecule has 0 aliphatic carbocycles. The van der Waals surface area contributed by atoms with Crippen molar-refractivity contribution in [2.24, 2.45) is 5.41 Å². The summed E-state index contributed by atoms with van der Waals surface area (Å²) >= 11 is 6.37. The summed E-state index contributed by atoms with van der Waals surface area (Å²) < 4.78 is 0. The van der Waals surface area contributed by atoms with E-state index >= 15 is 0 Å². The van der Waals surface area contributed by atoms with Crippen LogP contribution in [0.2, 0.25) is 5.02 Å². The topological polar surface area (TPSA) is 106 Å². The summed E-state index contributed by atoms with van der Waals surface area (Å²) in [5.74, 6) is 0.170. The van der Waals surface area contributed by atoms with E-state index in [4.69, 9.17) is 11.6 Å². The molecule has 9 heteroatoms. The zero-order valence-corrected chi connectivity index (χ0v) is 16.8. The Kier molecular flexibility index (Phi) is 6.54. The molecule has 27 heavy (non-hydrogen) atoms. The average Bonchev–Trinajstić information content (AvgIpc) is 2.58. The first-order valence-corrected chi connectivity index (χ1v) is 9.25. The molecule has 150 valence electrons. The Labute approximate surface area is 164 Å². The van der Waals surface area contributed by atoms with Gasteiger partial charge in [0, 0.05) is 32.4 Å². The minimum absolute atomic E-state index is 0.141. The highest BCUT2D eigenvalue weighted by Crippen LogP contribution is 2.32. The number of pyridine rings is 1. The average molecular weight is 399 g/mol. The number of aliphatic hydroxyl groups excluding tert-OH is 1. The molecule has 3 N–H and O–H groups in total. The van der Waals surface area contributed by atoms with E-state index in [-0.39, 0.29) is 23.9 Å². The molecule has 0 saturated carbocycles. The van der Waals surface area contributed by atoms with Gasteiger partial charge in [-0.25, -0.2) is 9.78 Å². The molecule has 2 unspecified atom stereocenters. The quantitative estimate of drug-likeness (QED) is 0.716. The highest BCUT2D eigenvalue weighted by Gasteiger charge is 2.38. The van der Waals surface area contributed by atoms with E-state index in [9.17, 15) is 19.8 Å². The van der Waals surface area contributed by atoms with Gasteiger partial charge in [0.1, 0.15) is 5.82 Å². The number of piperazine rings is 1. The summed E-state index contributed by atoms with van der Waals surface area (Å²) in [7, 11) is 0. The Morgan fingerprint density at radius 3 is 2.59 bits per heavy atom. The molecule has 2 atom stereocenters. The second kappa shape index (κ2) is 8.31. The number of hydrogen-bond donors (Lipinski definition) is 3. The van der Waals surface area contributed by atoms with Crippen LogP contribution in [0.1, 0.15) is 38.1 Å². The van der Waals surface area contributed by atoms with Gasteiger partial charge in [0.15, 0.2) is 0 Å². The molecule has 1 saturated heterocycles. The summed E-state index contributed by atoms with van der Waals surface area (Å²) in [4.78, 5) is 31.4. The third-order valence-electron chi connectivity index (χ3n) is 4.57. The molecule has 1 fully saturated rings. The molecule has 1 aliphatic rings. The SMILES string of the molecule is CC(O)CNC(=O)c1cnc(N2CCN(C(=O)O)C(C(C)(C)C)C2)c(Cl)c1. The monoisotopic (exact) mass is 398 g/mol. The first kappa shape index (κ1) is 21.2. The van der Waals surface area contributed by atoms with Gasteiger partial charge < -0.3 is 25.3 Å². The van der Waals surface area contributed by atoms with Crippen molar-refractivity contribution in [2.45, 2.75) is 39.8 Å². The number of rotatable bonds is 4. The van der Waals surface area contributed by atoms with Crippen LogP contribution in [0, 0.1) is 5.41 Å². The lowest BCUT2D eigenvalue weighted by atomic mass is 9.84. The molecule has 0 spiro atoms. The molecule has 1 aromatic rings. The van der Waals surface area contributed by atoms with Crippen molar-refractivity contribution in [1.29, 1.82) is 0 Å². The molecule has 0 aromatic carbocycles. The highest BCUT2D eigenvalue weighted by molar-refractivity contribution is 6.33. The van der Waals surface area contributed by atoms with Crippen molar-refractivity contribution in [3.63, 3.8) is 0 Å². The van der Waals surface area contributed by atoms with Crippen LogP contribution in [0.25, 0.3) is 0 Å². The van der Waals surface area contributed by atoms with Crippen molar-refractivity contribution in [2.75, 3.05) is 31.1 Å². The molecule has 2 amide bonds. The lowest BCUT2D eigenvalue weighted by Gasteiger charge is -2.46. The van der Waals surface area contributed by atoms with Gasteiger partial charge in [-0.2, -0.15) is 0 Å². The predicted octanol–water partition coefficient (Wildman–Crippen LogP) is 2.06. The van der Waals surface area contributed by atoms with Gasteiger partial charge in [0.25, 0.3) is 5.91 Å². The summed E-state index contributed by atoms with van der Waals surface area (Å²) in [6.07, 6.45) is -0.135. The van der Waals surface area contributed by atoms with Crippen molar-refractivity contribution in [3.8, 4) is 0 Å². The molecule has 2 heterocycles. The van der Waals surface area contributed by atoms with Crippen molar-refractivity contribution in [1.82, 2.24) is 15.2 Å². The van der Waals surface area contributed by atoms with Gasteiger partial charge in [-0.15, -0.1) is 0 Å². The third kappa shape index (κ3) is 5.23. The lowest BCUT2D eigenvalue weighted by molar-refractivity contribution is 0.0746. The van der Waals surface area contributed by atoms with Crippen LogP contribution >= 0.6 is 11.6 Å². The maximum absolute atomic E-state index is 12.1. The number of aromatic nitrogens is 1. The number of carbonyl (C=O) groups excluding carboxylic acids is 1. The summed E-state index contributed by atoms with van der Waals surface area (Å²) in [6, 6.07) is 1.33. The fraction of sp³-hybridized carbons (Fsp3) is 0.611. The first-order chi connectivity index (χ1) is 12.5. The molecule has 2 rings (SSSR count). The van der Waals surface area contributed by atoms with Gasteiger partial charge in [-0.1, -0.05) is 32.4 Å². The van der Waals surface area contributed by atoms with E-state index < -0.39 is 12.2 Å². The molecule has 0 radical (unpaired) electrons. The number of amides is 2. The van der Waals surface area contributed by atoms with E-state index in [1.807, 2.05) is 25.7 Å². The fourth-order valence-corrected chi connectivity index (χ4v) is 3.36. The number of carbonyl (C=O) groups is 2. The molecule has 1 aromatic heterocycles. The smallest absolute Gasteiger partial charge is 0.407 e. The van der Waals surface area contributed by atoms with Crippen LogP contribution in [0.3, 0.4) is 0 Å². The van der Waals surface area contributed by atoms with Crippen LogP contribution in [-0.2, 0) is 0 Å². The largest absolute Gasteiger partial charge is 0.465 e. The number of hydrogen-bond acceptors (Lipinski definition) is 5. The summed E-state index contributed by atoms with van der Waals surface area (Å²) in [6.45, 7) is 9.02. The highest BCUT2D eigenvalue weighted by atomic mass is 35.5. The number of nitrogens with zero attached hydrogens (tertiary/aromatic N) is 3. The Hall–Kier alpha value is -2.06. The second-order valence-corrected chi connectivity index (χ2v) is 8.30. The zero-order valence-electron chi connectivity index (χ0n) is 16.1. The van der Waals surface area contributed by atoms with E-state index in [0.717, 1.165) is 0 Å². The molecule has 1 aliphatic heterocycles. The van der Waals surface area contributed by atoms with Crippen molar-refractivity contribution >= 4 is 29.4 Å². The van der Waals surface area contributed by atoms with Gasteiger partial charge in [-0.05, 0) is 18.4 Å². The van der Waals surface area contributed by atoms with Gasteiger partial charge >= 0.3 is 6.09 Å². The maximum Gasteiger partial charge on any atom is 0.407 e. The number of nitrogens with one attached hydrogen (secondary N) is 1. The predicted molar refractivity (Wildman–Crippen MR) is 103 cm³/mol.